The zero-order valence-electron chi connectivity index (χ0n) is 20.4. The van der Waals surface area contributed by atoms with E-state index in [1.165, 1.54) is 12.3 Å². The molecule has 0 unspecified atom stereocenters. The second-order valence-corrected chi connectivity index (χ2v) is 10.2. The monoisotopic (exact) mass is 549 g/mol. The Labute approximate surface area is 221 Å². The summed E-state index contributed by atoms with van der Waals surface area (Å²) in [6.45, 7) is 1.73. The first-order valence-corrected chi connectivity index (χ1v) is 12.8. The van der Waals surface area contributed by atoms with E-state index >= 15 is 0 Å². The first-order chi connectivity index (χ1) is 18.1. The van der Waals surface area contributed by atoms with Gasteiger partial charge < -0.3 is 20.9 Å². The van der Waals surface area contributed by atoms with Crippen molar-refractivity contribution in [1.82, 2.24) is 25.1 Å². The number of hydrogen-bond acceptors (Lipinski definition) is 5. The summed E-state index contributed by atoms with van der Waals surface area (Å²) < 4.78 is 40.4. The van der Waals surface area contributed by atoms with Crippen LogP contribution < -0.4 is 11.1 Å². The molecule has 0 bridgehead atoms. The van der Waals surface area contributed by atoms with E-state index in [0.717, 1.165) is 25.7 Å². The van der Waals surface area contributed by atoms with Crippen LogP contribution in [0.15, 0.2) is 24.4 Å². The highest BCUT2D eigenvalue weighted by atomic mass is 35.5. The molecule has 1 saturated heterocycles. The number of aromatic amines is 2. The molecule has 2 amide bonds. The Morgan fingerprint density at radius 1 is 1.24 bits per heavy atom. The van der Waals surface area contributed by atoms with Crippen LogP contribution >= 0.6 is 11.6 Å². The average molecular weight is 550 g/mol. The molecule has 13 heteroatoms. The summed E-state index contributed by atoms with van der Waals surface area (Å²) in [6, 6.07) is 4.59. The van der Waals surface area contributed by atoms with E-state index in [0.29, 0.717) is 42.3 Å². The molecule has 1 aliphatic carbocycles. The molecule has 5 rings (SSSR count). The van der Waals surface area contributed by atoms with E-state index in [1.54, 1.807) is 17.0 Å². The normalized spacial score (nSPS) is 18.0. The van der Waals surface area contributed by atoms with Gasteiger partial charge in [0.15, 0.2) is 11.5 Å². The van der Waals surface area contributed by atoms with Gasteiger partial charge in [0.05, 0.1) is 10.6 Å². The topological polar surface area (TPSA) is 133 Å². The van der Waals surface area contributed by atoms with Crippen LogP contribution in [-0.4, -0.2) is 56.5 Å². The predicted octanol–water partition coefficient (Wildman–Crippen LogP) is 4.34. The first-order valence-electron chi connectivity index (χ1n) is 12.4. The molecule has 9 nitrogen and oxygen atoms in total. The van der Waals surface area contributed by atoms with Crippen LogP contribution in [0.5, 0.6) is 0 Å². The lowest BCUT2D eigenvalue weighted by atomic mass is 9.97. The number of likely N-dealkylation sites (tertiary alicyclic amines) is 1. The van der Waals surface area contributed by atoms with Crippen molar-refractivity contribution < 1.29 is 22.8 Å². The Hall–Kier alpha value is -3.38. The summed E-state index contributed by atoms with van der Waals surface area (Å²) in [7, 11) is 0. The maximum atomic E-state index is 13.5. The molecule has 3 aromatic rings. The van der Waals surface area contributed by atoms with Gasteiger partial charge in [0, 0.05) is 54.3 Å². The van der Waals surface area contributed by atoms with Gasteiger partial charge in [-0.05, 0) is 56.3 Å². The fourth-order valence-electron chi connectivity index (χ4n) is 4.83. The molecule has 1 aliphatic heterocycles. The number of carbonyl (C=O) groups is 2. The number of amides is 2. The van der Waals surface area contributed by atoms with Gasteiger partial charge in [-0.25, -0.2) is 4.98 Å². The van der Waals surface area contributed by atoms with E-state index in [-0.39, 0.29) is 40.6 Å². The number of H-pyrrole nitrogens is 2. The quantitative estimate of drug-likeness (QED) is 0.348. The first kappa shape index (κ1) is 26.2. The summed E-state index contributed by atoms with van der Waals surface area (Å²) in [5, 5.41) is 8.88. The minimum absolute atomic E-state index is 0.0379. The van der Waals surface area contributed by atoms with E-state index in [2.05, 4.69) is 25.5 Å². The van der Waals surface area contributed by atoms with Gasteiger partial charge >= 0.3 is 6.18 Å². The number of rotatable bonds is 7. The third-order valence-electron chi connectivity index (χ3n) is 6.96. The van der Waals surface area contributed by atoms with E-state index in [4.69, 9.17) is 17.3 Å². The minimum atomic E-state index is -4.59. The Morgan fingerprint density at radius 2 is 2.03 bits per heavy atom. The number of halogens is 4. The van der Waals surface area contributed by atoms with Crippen LogP contribution in [0.3, 0.4) is 0 Å². The molecular formula is C25H27ClF3N7O2. The van der Waals surface area contributed by atoms with Gasteiger partial charge in [0.25, 0.3) is 11.8 Å². The lowest BCUT2D eigenvalue weighted by Gasteiger charge is -2.32. The number of anilines is 1. The van der Waals surface area contributed by atoms with Gasteiger partial charge in [-0.15, -0.1) is 0 Å². The van der Waals surface area contributed by atoms with Crippen molar-refractivity contribution in [3.05, 3.63) is 63.5 Å². The SMILES string of the molecule is NC[C@@H]1CCCN(C(=O)c2ccc(NC(=O)c3ncc(Cc4c(C(F)(F)F)n[nH]c4C4CC4)[nH]3)cc2Cl)C1. The molecule has 1 aromatic carbocycles. The predicted molar refractivity (Wildman–Crippen MR) is 134 cm³/mol. The van der Waals surface area contributed by atoms with Crippen molar-refractivity contribution in [1.29, 1.82) is 0 Å². The van der Waals surface area contributed by atoms with Gasteiger partial charge in [0.1, 0.15) is 0 Å². The number of aromatic nitrogens is 4. The molecular weight excluding hydrogens is 523 g/mol. The highest BCUT2D eigenvalue weighted by Gasteiger charge is 2.40. The van der Waals surface area contributed by atoms with Crippen molar-refractivity contribution in [2.24, 2.45) is 11.7 Å². The molecule has 3 heterocycles. The van der Waals surface area contributed by atoms with Gasteiger partial charge in [-0.2, -0.15) is 18.3 Å². The smallest absolute Gasteiger partial charge is 0.338 e. The Bertz CT molecular complexity index is 1350. The third-order valence-corrected chi connectivity index (χ3v) is 7.27. The average Bonchev–Trinajstić information content (AvgIpc) is 3.46. The van der Waals surface area contributed by atoms with Crippen LogP contribution in [0.4, 0.5) is 18.9 Å². The Morgan fingerprint density at radius 3 is 2.71 bits per heavy atom. The van der Waals surface area contributed by atoms with Gasteiger partial charge in [0.2, 0.25) is 0 Å². The van der Waals surface area contributed by atoms with Crippen molar-refractivity contribution in [3.8, 4) is 0 Å². The Kier molecular flexibility index (Phi) is 7.19. The number of carbonyl (C=O) groups excluding carboxylic acids is 2. The number of alkyl halides is 3. The van der Waals surface area contributed by atoms with Crippen LogP contribution in [0.2, 0.25) is 5.02 Å². The molecule has 5 N–H and O–H groups in total. The lowest BCUT2D eigenvalue weighted by molar-refractivity contribution is -0.141. The van der Waals surface area contributed by atoms with E-state index in [9.17, 15) is 22.8 Å². The fourth-order valence-corrected chi connectivity index (χ4v) is 5.09. The molecule has 2 fully saturated rings. The highest BCUT2D eigenvalue weighted by molar-refractivity contribution is 6.34. The molecule has 1 saturated carbocycles. The van der Waals surface area contributed by atoms with Crippen LogP contribution in [0, 0.1) is 5.92 Å². The standard InChI is InChI=1S/C25H27ClF3N7O2/c26-19-9-15(5-6-17(19)24(38)36-7-1-2-13(10-30)12-36)33-23(37)22-31-11-16(32-22)8-18-20(14-3-4-14)34-35-21(18)25(27,28)29/h5-6,9,11,13-14H,1-4,7-8,10,12,30H2,(H,31,32)(H,33,37)(H,34,35)/t13-/m0/s1. The zero-order valence-corrected chi connectivity index (χ0v) is 21.1. The summed E-state index contributed by atoms with van der Waals surface area (Å²) in [4.78, 5) is 34.3. The van der Waals surface area contributed by atoms with Gasteiger partial charge in [-0.1, -0.05) is 11.6 Å². The number of nitrogens with two attached hydrogens (primary N) is 1. The van der Waals surface area contributed by atoms with Crippen molar-refractivity contribution in [3.63, 3.8) is 0 Å². The molecule has 202 valence electrons. The lowest BCUT2D eigenvalue weighted by Crippen LogP contribution is -2.42. The second-order valence-electron chi connectivity index (χ2n) is 9.81. The molecule has 1 atom stereocenters. The van der Waals surface area contributed by atoms with Gasteiger partial charge in [-0.3, -0.25) is 14.7 Å². The number of nitrogens with one attached hydrogen (secondary N) is 3. The fraction of sp³-hybridized carbons (Fsp3) is 0.440. The number of piperidine rings is 1. The number of hydrogen-bond donors (Lipinski definition) is 4. The van der Waals surface area contributed by atoms with E-state index in [1.807, 2.05) is 0 Å². The number of imidazole rings is 1. The Balaban J connectivity index is 1.26. The summed E-state index contributed by atoms with van der Waals surface area (Å²) in [6.07, 6.45) is 0.129. The van der Waals surface area contributed by atoms with Crippen LogP contribution in [0.1, 0.15) is 75.2 Å². The number of nitrogens with zero attached hydrogens (tertiary/aromatic N) is 3. The second kappa shape index (κ2) is 10.4. The molecule has 0 spiro atoms. The molecule has 2 aromatic heterocycles. The molecule has 2 aliphatic rings. The van der Waals surface area contributed by atoms with Crippen LogP contribution in [0.25, 0.3) is 0 Å². The highest BCUT2D eigenvalue weighted by Crippen LogP contribution is 2.44. The van der Waals surface area contributed by atoms with Crippen molar-refractivity contribution in [2.75, 3.05) is 25.0 Å². The maximum absolute atomic E-state index is 13.5. The zero-order chi connectivity index (χ0) is 27.0. The summed E-state index contributed by atoms with van der Waals surface area (Å²) in [5.41, 5.74) is 6.38. The number of benzene rings is 1. The van der Waals surface area contributed by atoms with Crippen molar-refractivity contribution in [2.45, 2.75) is 44.2 Å². The molecule has 0 radical (unpaired) electrons. The maximum Gasteiger partial charge on any atom is 0.435 e. The van der Waals surface area contributed by atoms with Crippen molar-refractivity contribution >= 4 is 29.1 Å². The van der Waals surface area contributed by atoms with Crippen LogP contribution in [-0.2, 0) is 12.6 Å². The molecule has 38 heavy (non-hydrogen) atoms. The third kappa shape index (κ3) is 5.56. The summed E-state index contributed by atoms with van der Waals surface area (Å²) in [5.74, 6) is -0.556. The minimum Gasteiger partial charge on any atom is -0.338 e. The van der Waals surface area contributed by atoms with E-state index < -0.39 is 17.8 Å². The summed E-state index contributed by atoms with van der Waals surface area (Å²) >= 11 is 6.38. The largest absolute Gasteiger partial charge is 0.435 e.